The van der Waals surface area contributed by atoms with Gasteiger partial charge in [0.2, 0.25) is 5.76 Å². The van der Waals surface area contributed by atoms with E-state index in [1.54, 1.807) is 54.3 Å². The highest BCUT2D eigenvalue weighted by Crippen LogP contribution is 2.53. The maximum absolute atomic E-state index is 14.1. The number of amides is 2. The van der Waals surface area contributed by atoms with E-state index >= 15 is 0 Å². The quantitative estimate of drug-likeness (QED) is 0.487. The van der Waals surface area contributed by atoms with Crippen molar-refractivity contribution < 1.29 is 18.5 Å². The fraction of sp³-hybridized carbons (Fsp3) is 0.167. The first-order valence-corrected chi connectivity index (χ1v) is 10.3. The van der Waals surface area contributed by atoms with Crippen LogP contribution in [0, 0.1) is 6.92 Å². The van der Waals surface area contributed by atoms with Crippen LogP contribution in [0.2, 0.25) is 0 Å². The topological polar surface area (TPSA) is 96.9 Å². The van der Waals surface area contributed by atoms with Gasteiger partial charge in [-0.05, 0) is 32.0 Å². The van der Waals surface area contributed by atoms with Crippen molar-refractivity contribution in [1.29, 1.82) is 0 Å². The molecule has 2 aliphatic heterocycles. The third-order valence-corrected chi connectivity index (χ3v) is 6.19. The van der Waals surface area contributed by atoms with Crippen LogP contribution >= 0.6 is 0 Å². The number of hydrogen-bond acceptors (Lipinski definition) is 6. The first-order chi connectivity index (χ1) is 15.5. The average Bonchev–Trinajstić information content (AvgIpc) is 3.41. The van der Waals surface area contributed by atoms with E-state index in [4.69, 9.17) is 8.94 Å². The molecule has 0 radical (unpaired) electrons. The van der Waals surface area contributed by atoms with Crippen LogP contribution in [0.3, 0.4) is 0 Å². The number of anilines is 2. The molecule has 1 spiro atoms. The van der Waals surface area contributed by atoms with Gasteiger partial charge in [0.25, 0.3) is 11.8 Å². The number of hydrogen-bond donors (Lipinski definition) is 0. The molecule has 8 heteroatoms. The number of carbonyl (C=O) groups is 2. The zero-order valence-corrected chi connectivity index (χ0v) is 17.3. The summed E-state index contributed by atoms with van der Waals surface area (Å²) in [5.41, 5.74) is -0.689. The predicted molar refractivity (Wildman–Crippen MR) is 116 cm³/mol. The van der Waals surface area contributed by atoms with Gasteiger partial charge in [-0.3, -0.25) is 19.3 Å². The van der Waals surface area contributed by atoms with E-state index in [0.29, 0.717) is 28.9 Å². The summed E-state index contributed by atoms with van der Waals surface area (Å²) in [5, 5.41) is 4.33. The van der Waals surface area contributed by atoms with Crippen LogP contribution < -0.4 is 15.2 Å². The SMILES string of the molecule is CCN1C(=O)C2(c3ccccc31)c1c(oc3ccccc3c1=O)C(=O)N2c1cc(C)on1. The van der Waals surface area contributed by atoms with Crippen LogP contribution in [-0.2, 0) is 10.3 Å². The minimum atomic E-state index is -1.73. The zero-order chi connectivity index (χ0) is 22.2. The third-order valence-electron chi connectivity index (χ3n) is 6.19. The first-order valence-electron chi connectivity index (χ1n) is 10.3. The molecule has 0 aliphatic carbocycles. The Bertz CT molecular complexity index is 1520. The number of aryl methyl sites for hydroxylation is 1. The van der Waals surface area contributed by atoms with Gasteiger partial charge in [-0.25, -0.2) is 0 Å². The van der Waals surface area contributed by atoms with Gasteiger partial charge in [0.15, 0.2) is 16.8 Å². The van der Waals surface area contributed by atoms with Crippen LogP contribution in [0.5, 0.6) is 0 Å². The molecule has 158 valence electrons. The summed E-state index contributed by atoms with van der Waals surface area (Å²) in [4.78, 5) is 44.5. The molecule has 6 rings (SSSR count). The highest BCUT2D eigenvalue weighted by molar-refractivity contribution is 6.24. The molecule has 32 heavy (non-hydrogen) atoms. The number of carbonyl (C=O) groups excluding carboxylic acids is 2. The van der Waals surface area contributed by atoms with Crippen molar-refractivity contribution in [1.82, 2.24) is 5.16 Å². The summed E-state index contributed by atoms with van der Waals surface area (Å²) in [7, 11) is 0. The van der Waals surface area contributed by atoms with E-state index in [1.165, 1.54) is 4.90 Å². The van der Waals surface area contributed by atoms with Crippen LogP contribution in [0.1, 0.15) is 34.4 Å². The van der Waals surface area contributed by atoms with Crippen LogP contribution in [-0.4, -0.2) is 23.5 Å². The first kappa shape index (κ1) is 18.6. The van der Waals surface area contributed by atoms with E-state index < -0.39 is 22.8 Å². The van der Waals surface area contributed by atoms with Crippen molar-refractivity contribution >= 4 is 34.3 Å². The maximum atomic E-state index is 14.1. The Morgan fingerprint density at radius 1 is 1.03 bits per heavy atom. The van der Waals surface area contributed by atoms with E-state index in [-0.39, 0.29) is 22.7 Å². The molecular formula is C24H17N3O5. The Balaban J connectivity index is 1.81. The summed E-state index contributed by atoms with van der Waals surface area (Å²) in [6.07, 6.45) is 0. The Labute approximate surface area is 181 Å². The smallest absolute Gasteiger partial charge is 0.297 e. The molecule has 0 fully saturated rings. The summed E-state index contributed by atoms with van der Waals surface area (Å²) >= 11 is 0. The Morgan fingerprint density at radius 2 is 1.78 bits per heavy atom. The van der Waals surface area contributed by atoms with Gasteiger partial charge in [0.05, 0.1) is 16.6 Å². The molecule has 0 saturated heterocycles. The number of fused-ring (bicyclic) bond motifs is 5. The van der Waals surface area contributed by atoms with Crippen molar-refractivity contribution in [2.24, 2.45) is 0 Å². The van der Waals surface area contributed by atoms with Gasteiger partial charge in [-0.15, -0.1) is 0 Å². The molecule has 8 nitrogen and oxygen atoms in total. The lowest BCUT2D eigenvalue weighted by molar-refractivity contribution is -0.121. The van der Waals surface area contributed by atoms with E-state index in [0.717, 1.165) is 0 Å². The Morgan fingerprint density at radius 3 is 2.53 bits per heavy atom. The minimum absolute atomic E-state index is 0.00949. The lowest BCUT2D eigenvalue weighted by Crippen LogP contribution is -2.53. The number of benzene rings is 2. The van der Waals surface area contributed by atoms with E-state index in [2.05, 4.69) is 5.16 Å². The van der Waals surface area contributed by atoms with E-state index in [9.17, 15) is 14.4 Å². The number of nitrogens with zero attached hydrogens (tertiary/aromatic N) is 3. The monoisotopic (exact) mass is 427 g/mol. The standard InChI is InChI=1S/C24H17N3O5/c1-3-26-16-10-6-5-9-15(16)24(23(26)30)19-20(28)14-8-4-7-11-17(14)31-21(19)22(29)27(24)18-12-13(2)32-25-18/h4-12H,3H2,1-2H3. The summed E-state index contributed by atoms with van der Waals surface area (Å²) in [5.74, 6) is -0.567. The van der Waals surface area contributed by atoms with Crippen LogP contribution in [0.15, 0.2) is 68.3 Å². The van der Waals surface area contributed by atoms with Crippen molar-refractivity contribution in [3.8, 4) is 0 Å². The molecule has 2 aromatic heterocycles. The lowest BCUT2D eigenvalue weighted by Gasteiger charge is -2.32. The number of aromatic nitrogens is 1. The molecule has 4 heterocycles. The van der Waals surface area contributed by atoms with Gasteiger partial charge in [-0.2, -0.15) is 0 Å². The third kappa shape index (κ3) is 2.01. The zero-order valence-electron chi connectivity index (χ0n) is 17.3. The molecule has 2 amide bonds. The van der Waals surface area contributed by atoms with Crippen molar-refractivity contribution in [2.75, 3.05) is 16.3 Å². The molecule has 0 saturated carbocycles. The fourth-order valence-corrected chi connectivity index (χ4v) is 4.93. The molecule has 4 aromatic rings. The van der Waals surface area contributed by atoms with Gasteiger partial charge >= 0.3 is 0 Å². The molecule has 2 aliphatic rings. The van der Waals surface area contributed by atoms with Crippen molar-refractivity contribution in [2.45, 2.75) is 19.4 Å². The molecule has 1 atom stereocenters. The largest absolute Gasteiger partial charge is 0.450 e. The second kappa shape index (κ2) is 6.16. The molecular weight excluding hydrogens is 410 g/mol. The van der Waals surface area contributed by atoms with Gasteiger partial charge in [0.1, 0.15) is 11.3 Å². The van der Waals surface area contributed by atoms with Gasteiger partial charge in [-0.1, -0.05) is 35.5 Å². The van der Waals surface area contributed by atoms with Crippen molar-refractivity contribution in [3.05, 3.63) is 87.5 Å². The fourth-order valence-electron chi connectivity index (χ4n) is 4.93. The molecule has 0 N–H and O–H groups in total. The highest BCUT2D eigenvalue weighted by atomic mass is 16.5. The number of likely N-dealkylation sites (N-methyl/N-ethyl adjacent to an activating group) is 1. The summed E-state index contributed by atoms with van der Waals surface area (Å²) in [6, 6.07) is 15.4. The number of para-hydroxylation sites is 2. The van der Waals surface area contributed by atoms with Crippen LogP contribution in [0.25, 0.3) is 11.0 Å². The second-order valence-corrected chi connectivity index (χ2v) is 7.84. The molecule has 1 unspecified atom stereocenters. The highest BCUT2D eigenvalue weighted by Gasteiger charge is 2.66. The molecule has 0 bridgehead atoms. The summed E-state index contributed by atoms with van der Waals surface area (Å²) < 4.78 is 11.2. The lowest BCUT2D eigenvalue weighted by atomic mass is 9.84. The van der Waals surface area contributed by atoms with Gasteiger partial charge in [0, 0.05) is 18.2 Å². The van der Waals surface area contributed by atoms with E-state index in [1.807, 2.05) is 19.1 Å². The predicted octanol–water partition coefficient (Wildman–Crippen LogP) is 3.36. The Kier molecular flexibility index (Phi) is 3.57. The summed E-state index contributed by atoms with van der Waals surface area (Å²) in [6.45, 7) is 3.90. The maximum Gasteiger partial charge on any atom is 0.297 e. The normalized spacial score (nSPS) is 19.3. The Hall–Kier alpha value is -4.20. The van der Waals surface area contributed by atoms with Crippen molar-refractivity contribution in [3.63, 3.8) is 0 Å². The van der Waals surface area contributed by atoms with Crippen LogP contribution in [0.4, 0.5) is 11.5 Å². The minimum Gasteiger partial charge on any atom is -0.450 e. The average molecular weight is 427 g/mol. The number of rotatable bonds is 2. The molecule has 2 aromatic carbocycles. The second-order valence-electron chi connectivity index (χ2n) is 7.84. The van der Waals surface area contributed by atoms with Gasteiger partial charge < -0.3 is 13.8 Å².